The Balaban J connectivity index is 0.00000338. The number of nitrogens with one attached hydrogen (secondary N) is 1. The number of benzene rings is 1. The molecule has 0 unspecified atom stereocenters. The molecule has 0 saturated heterocycles. The SMILES string of the molecule is CCCOc1ccccc1NC(=O)O[C@@H]1CCCCC[C@@H]1CN(C)C.Cl. The largest absolute Gasteiger partial charge is 0.491 e. The number of rotatable bonds is 7. The molecule has 6 heteroatoms. The first kappa shape index (κ1) is 22.6. The highest BCUT2D eigenvalue weighted by Gasteiger charge is 2.27. The second kappa shape index (κ2) is 12.0. The highest BCUT2D eigenvalue weighted by Crippen LogP contribution is 2.28. The van der Waals surface area contributed by atoms with Gasteiger partial charge in [-0.15, -0.1) is 12.4 Å². The van der Waals surface area contributed by atoms with E-state index in [9.17, 15) is 4.79 Å². The summed E-state index contributed by atoms with van der Waals surface area (Å²) < 4.78 is 11.5. The maximum Gasteiger partial charge on any atom is 0.412 e. The second-order valence-corrected chi connectivity index (χ2v) is 7.07. The van der Waals surface area contributed by atoms with Crippen LogP contribution in [-0.2, 0) is 4.74 Å². The van der Waals surface area contributed by atoms with E-state index >= 15 is 0 Å². The van der Waals surface area contributed by atoms with Crippen LogP contribution in [0.2, 0.25) is 0 Å². The molecule has 0 bridgehead atoms. The van der Waals surface area contributed by atoms with Gasteiger partial charge in [0.1, 0.15) is 11.9 Å². The molecule has 0 radical (unpaired) electrons. The topological polar surface area (TPSA) is 50.8 Å². The van der Waals surface area contributed by atoms with Crippen molar-refractivity contribution in [3.05, 3.63) is 24.3 Å². The van der Waals surface area contributed by atoms with E-state index in [0.29, 0.717) is 24.0 Å². The van der Waals surface area contributed by atoms with Crippen LogP contribution in [0.3, 0.4) is 0 Å². The minimum Gasteiger partial charge on any atom is -0.491 e. The molecule has 148 valence electrons. The predicted octanol–water partition coefficient (Wildman–Crippen LogP) is 4.96. The first-order chi connectivity index (χ1) is 12.1. The van der Waals surface area contributed by atoms with Crippen LogP contribution in [-0.4, -0.2) is 44.3 Å². The van der Waals surface area contributed by atoms with Gasteiger partial charge in [0.25, 0.3) is 0 Å². The monoisotopic (exact) mass is 384 g/mol. The molecule has 1 fully saturated rings. The van der Waals surface area contributed by atoms with Gasteiger partial charge < -0.3 is 14.4 Å². The number of hydrogen-bond acceptors (Lipinski definition) is 4. The van der Waals surface area contributed by atoms with E-state index in [4.69, 9.17) is 9.47 Å². The Labute approximate surface area is 163 Å². The molecule has 1 aromatic rings. The third-order valence-electron chi connectivity index (χ3n) is 4.53. The Hall–Kier alpha value is -1.46. The molecule has 1 aromatic carbocycles. The minimum absolute atomic E-state index is 0. The number of amides is 1. The van der Waals surface area contributed by atoms with Crippen molar-refractivity contribution in [3.8, 4) is 5.75 Å². The number of anilines is 1. The molecule has 1 saturated carbocycles. The molecule has 1 aliphatic rings. The third-order valence-corrected chi connectivity index (χ3v) is 4.53. The zero-order valence-electron chi connectivity index (χ0n) is 16.2. The zero-order chi connectivity index (χ0) is 18.1. The van der Waals surface area contributed by atoms with E-state index in [-0.39, 0.29) is 24.6 Å². The molecular weight excluding hydrogens is 352 g/mol. The van der Waals surface area contributed by atoms with Gasteiger partial charge in [0.2, 0.25) is 0 Å². The van der Waals surface area contributed by atoms with Crippen molar-refractivity contribution in [3.63, 3.8) is 0 Å². The molecule has 26 heavy (non-hydrogen) atoms. The van der Waals surface area contributed by atoms with E-state index in [1.165, 1.54) is 12.8 Å². The van der Waals surface area contributed by atoms with Gasteiger partial charge in [-0.3, -0.25) is 5.32 Å². The first-order valence-electron chi connectivity index (χ1n) is 9.44. The summed E-state index contributed by atoms with van der Waals surface area (Å²) in [6, 6.07) is 7.50. The van der Waals surface area contributed by atoms with Crippen molar-refractivity contribution in [2.24, 2.45) is 5.92 Å². The molecule has 0 aromatic heterocycles. The zero-order valence-corrected chi connectivity index (χ0v) is 17.0. The van der Waals surface area contributed by atoms with Crippen LogP contribution in [0.15, 0.2) is 24.3 Å². The Bertz CT molecular complexity index is 540. The van der Waals surface area contributed by atoms with Crippen molar-refractivity contribution in [1.29, 1.82) is 0 Å². The number of carbonyl (C=O) groups is 1. The normalized spacial score (nSPS) is 20.0. The quantitative estimate of drug-likeness (QED) is 0.675. The molecule has 0 aliphatic heterocycles. The highest BCUT2D eigenvalue weighted by molar-refractivity contribution is 5.86. The van der Waals surface area contributed by atoms with Crippen LogP contribution >= 0.6 is 12.4 Å². The first-order valence-corrected chi connectivity index (χ1v) is 9.44. The molecule has 1 amide bonds. The van der Waals surface area contributed by atoms with Gasteiger partial charge in [-0.25, -0.2) is 4.79 Å². The lowest BCUT2D eigenvalue weighted by Gasteiger charge is -2.27. The number of nitrogens with zero attached hydrogens (tertiary/aromatic N) is 1. The smallest absolute Gasteiger partial charge is 0.412 e. The summed E-state index contributed by atoms with van der Waals surface area (Å²) in [4.78, 5) is 14.6. The maximum atomic E-state index is 12.4. The van der Waals surface area contributed by atoms with Crippen molar-refractivity contribution in [2.75, 3.05) is 32.6 Å². The lowest BCUT2D eigenvalue weighted by Crippen LogP contribution is -2.34. The number of ether oxygens (including phenoxy) is 2. The van der Waals surface area contributed by atoms with Gasteiger partial charge in [0.05, 0.1) is 12.3 Å². The summed E-state index contributed by atoms with van der Waals surface area (Å²) in [5.41, 5.74) is 0.665. The van der Waals surface area contributed by atoms with Gasteiger partial charge in [0.15, 0.2) is 0 Å². The van der Waals surface area contributed by atoms with Gasteiger partial charge in [-0.05, 0) is 51.9 Å². The van der Waals surface area contributed by atoms with E-state index in [1.807, 2.05) is 24.3 Å². The van der Waals surface area contributed by atoms with Crippen LogP contribution in [0.4, 0.5) is 10.5 Å². The van der Waals surface area contributed by atoms with E-state index in [2.05, 4.69) is 31.2 Å². The molecule has 2 rings (SSSR count). The van der Waals surface area contributed by atoms with Crippen LogP contribution in [0.5, 0.6) is 5.75 Å². The molecule has 1 N–H and O–H groups in total. The fourth-order valence-corrected chi connectivity index (χ4v) is 3.37. The standard InChI is InChI=1S/C20H32N2O3.ClH/c1-4-14-24-19-13-9-8-11-17(19)21-20(23)25-18-12-7-5-6-10-16(18)15-22(2)3;/h8-9,11,13,16,18H,4-7,10,12,14-15H2,1-3H3,(H,21,23);1H/t16-,18-;/m1./s1. The minimum atomic E-state index is -0.386. The lowest BCUT2D eigenvalue weighted by molar-refractivity contribution is 0.0569. The van der Waals surface area contributed by atoms with E-state index < -0.39 is 0 Å². The molecule has 2 atom stereocenters. The molecule has 5 nitrogen and oxygen atoms in total. The number of para-hydroxylation sites is 2. The van der Waals surface area contributed by atoms with Crippen molar-refractivity contribution < 1.29 is 14.3 Å². The van der Waals surface area contributed by atoms with Crippen molar-refractivity contribution in [2.45, 2.75) is 51.6 Å². The Morgan fingerprint density at radius 3 is 2.65 bits per heavy atom. The average molecular weight is 385 g/mol. The summed E-state index contributed by atoms with van der Waals surface area (Å²) in [5, 5.41) is 2.86. The number of halogens is 1. The van der Waals surface area contributed by atoms with Crippen LogP contribution in [0.1, 0.15) is 45.4 Å². The third kappa shape index (κ3) is 7.42. The summed E-state index contributed by atoms with van der Waals surface area (Å²) in [6.07, 6.45) is 6.14. The molecule has 0 heterocycles. The number of carbonyl (C=O) groups excluding carboxylic acids is 1. The molecular formula is C20H33ClN2O3. The van der Waals surface area contributed by atoms with Gasteiger partial charge in [-0.1, -0.05) is 31.9 Å². The fourth-order valence-electron chi connectivity index (χ4n) is 3.37. The Morgan fingerprint density at radius 1 is 1.19 bits per heavy atom. The fraction of sp³-hybridized carbons (Fsp3) is 0.650. The molecule has 0 spiro atoms. The second-order valence-electron chi connectivity index (χ2n) is 7.07. The summed E-state index contributed by atoms with van der Waals surface area (Å²) >= 11 is 0. The number of hydrogen-bond donors (Lipinski definition) is 1. The predicted molar refractivity (Wildman–Crippen MR) is 108 cm³/mol. The van der Waals surface area contributed by atoms with E-state index in [1.54, 1.807) is 0 Å². The van der Waals surface area contributed by atoms with Gasteiger partial charge >= 0.3 is 6.09 Å². The summed E-state index contributed by atoms with van der Waals surface area (Å²) in [5.74, 6) is 1.09. The maximum absolute atomic E-state index is 12.4. The van der Waals surface area contributed by atoms with Gasteiger partial charge in [0, 0.05) is 12.5 Å². The van der Waals surface area contributed by atoms with Crippen LogP contribution in [0.25, 0.3) is 0 Å². The average Bonchev–Trinajstić information content (AvgIpc) is 2.79. The highest BCUT2D eigenvalue weighted by atomic mass is 35.5. The van der Waals surface area contributed by atoms with Crippen molar-refractivity contribution >= 4 is 24.2 Å². The van der Waals surface area contributed by atoms with Gasteiger partial charge in [-0.2, -0.15) is 0 Å². The van der Waals surface area contributed by atoms with E-state index in [0.717, 1.165) is 32.2 Å². The molecule has 1 aliphatic carbocycles. The van der Waals surface area contributed by atoms with Crippen LogP contribution < -0.4 is 10.1 Å². The Kier molecular flexibility index (Phi) is 10.4. The Morgan fingerprint density at radius 2 is 1.92 bits per heavy atom. The van der Waals surface area contributed by atoms with Crippen LogP contribution in [0, 0.1) is 5.92 Å². The lowest BCUT2D eigenvalue weighted by atomic mass is 9.97. The summed E-state index contributed by atoms with van der Waals surface area (Å²) in [7, 11) is 4.15. The van der Waals surface area contributed by atoms with Crippen molar-refractivity contribution in [1.82, 2.24) is 4.90 Å². The summed E-state index contributed by atoms with van der Waals surface area (Å²) in [6.45, 7) is 3.64.